The van der Waals surface area contributed by atoms with Crippen LogP contribution in [-0.4, -0.2) is 68.3 Å². The van der Waals surface area contributed by atoms with Crippen molar-refractivity contribution in [3.05, 3.63) is 36.0 Å². The number of thioether (sulfide) groups is 1. The molecule has 1 aromatic heterocycles. The minimum atomic E-state index is -3.34. The molecule has 13 heteroatoms. The van der Waals surface area contributed by atoms with Gasteiger partial charge in [-0.25, -0.2) is 13.4 Å². The second kappa shape index (κ2) is 10.8. The first kappa shape index (κ1) is 24.6. The highest BCUT2D eigenvalue weighted by atomic mass is 32.2. The number of aromatic nitrogens is 1. The summed E-state index contributed by atoms with van der Waals surface area (Å²) in [6, 6.07) is 6.08. The van der Waals surface area contributed by atoms with Gasteiger partial charge < -0.3 is 14.9 Å². The lowest BCUT2D eigenvalue weighted by molar-refractivity contribution is -0.118. The maximum Gasteiger partial charge on any atom is 0.280 e. The van der Waals surface area contributed by atoms with E-state index in [-0.39, 0.29) is 33.6 Å². The third kappa shape index (κ3) is 6.14. The first-order valence-corrected chi connectivity index (χ1v) is 14.0. The van der Waals surface area contributed by atoms with Crippen molar-refractivity contribution in [3.8, 4) is 0 Å². The van der Waals surface area contributed by atoms with Gasteiger partial charge >= 0.3 is 0 Å². The molecule has 2 heterocycles. The minimum absolute atomic E-state index is 0.00275. The molecule has 1 saturated carbocycles. The highest BCUT2D eigenvalue weighted by molar-refractivity contribution is 8.01. The van der Waals surface area contributed by atoms with Gasteiger partial charge in [-0.15, -0.1) is 11.8 Å². The number of benzene rings is 1. The summed E-state index contributed by atoms with van der Waals surface area (Å²) < 4.78 is 31.0. The van der Waals surface area contributed by atoms with Gasteiger partial charge in [0, 0.05) is 19.0 Å². The van der Waals surface area contributed by atoms with Crippen LogP contribution in [0.1, 0.15) is 24.8 Å². The Morgan fingerprint density at radius 3 is 2.68 bits per heavy atom. The molecule has 0 bridgehead atoms. The topological polar surface area (TPSA) is 136 Å². The van der Waals surface area contributed by atoms with Crippen LogP contribution >= 0.6 is 23.1 Å². The van der Waals surface area contributed by atoms with Gasteiger partial charge in [0.2, 0.25) is 5.91 Å². The van der Waals surface area contributed by atoms with Gasteiger partial charge in [-0.1, -0.05) is 28.6 Å². The summed E-state index contributed by atoms with van der Waals surface area (Å²) in [6.45, 7) is 0.945. The molecule has 0 spiro atoms. The Bertz CT molecular complexity index is 1170. The number of anilines is 1. The van der Waals surface area contributed by atoms with E-state index in [2.05, 4.69) is 20.8 Å². The summed E-state index contributed by atoms with van der Waals surface area (Å²) in [6.07, 6.45) is 3.33. The Labute approximate surface area is 205 Å². The minimum Gasteiger partial charge on any atom is -0.389 e. The zero-order chi connectivity index (χ0) is 24.1. The molecular formula is C21H24N4O6S3. The highest BCUT2D eigenvalue weighted by Crippen LogP contribution is 2.33. The molecule has 182 valence electrons. The van der Waals surface area contributed by atoms with Crippen molar-refractivity contribution < 1.29 is 27.6 Å². The van der Waals surface area contributed by atoms with E-state index in [9.17, 15) is 18.0 Å². The van der Waals surface area contributed by atoms with Gasteiger partial charge in [0.15, 0.2) is 26.8 Å². The van der Waals surface area contributed by atoms with E-state index in [0.717, 1.165) is 4.21 Å². The van der Waals surface area contributed by atoms with Crippen molar-refractivity contribution >= 4 is 55.6 Å². The van der Waals surface area contributed by atoms with Gasteiger partial charge in [-0.2, -0.15) is 0 Å². The van der Waals surface area contributed by atoms with Crippen LogP contribution in [0.5, 0.6) is 0 Å². The van der Waals surface area contributed by atoms with Crippen LogP contribution in [0.15, 0.2) is 44.7 Å². The normalized spacial score (nSPS) is 18.5. The summed E-state index contributed by atoms with van der Waals surface area (Å²) in [4.78, 5) is 34.4. The molecule has 34 heavy (non-hydrogen) atoms. The van der Waals surface area contributed by atoms with E-state index >= 15 is 0 Å². The smallest absolute Gasteiger partial charge is 0.280 e. The SMILES string of the molecule is CNC(=O)CSc1cnc(NC(=O)C(=NO[C@@H]2CCOC2)c2ccc(S(=O)(=O)C3CC3)cc2)s1. The zero-order valence-electron chi connectivity index (χ0n) is 18.4. The van der Waals surface area contributed by atoms with Gasteiger partial charge in [-0.3, -0.25) is 14.9 Å². The Hall–Kier alpha value is -2.48. The molecule has 2 amide bonds. The van der Waals surface area contributed by atoms with Crippen molar-refractivity contribution in [2.45, 2.75) is 39.7 Å². The number of sulfone groups is 1. The van der Waals surface area contributed by atoms with Crippen molar-refractivity contribution in [1.82, 2.24) is 10.3 Å². The number of rotatable bonds is 10. The van der Waals surface area contributed by atoms with E-state index < -0.39 is 15.7 Å². The fourth-order valence-corrected chi connectivity index (χ4v) is 6.47. The molecule has 0 radical (unpaired) electrons. The number of oxime groups is 1. The Morgan fingerprint density at radius 2 is 2.03 bits per heavy atom. The number of amides is 2. The molecule has 2 aromatic rings. The fourth-order valence-electron chi connectivity index (χ4n) is 3.07. The number of hydrogen-bond acceptors (Lipinski definition) is 10. The quantitative estimate of drug-likeness (QED) is 0.274. The Morgan fingerprint density at radius 1 is 1.26 bits per heavy atom. The Balaban J connectivity index is 1.50. The highest BCUT2D eigenvalue weighted by Gasteiger charge is 2.36. The van der Waals surface area contributed by atoms with Crippen LogP contribution in [0.2, 0.25) is 0 Å². The van der Waals surface area contributed by atoms with Crippen LogP contribution in [0.25, 0.3) is 0 Å². The predicted octanol–water partition coefficient (Wildman–Crippen LogP) is 2.07. The third-order valence-corrected chi connectivity index (χ3v) is 9.53. The molecule has 1 saturated heterocycles. The summed E-state index contributed by atoms with van der Waals surface area (Å²) in [5.74, 6) is -0.417. The average Bonchev–Trinajstić information content (AvgIpc) is 3.41. The van der Waals surface area contributed by atoms with Crippen LogP contribution in [0.4, 0.5) is 5.13 Å². The average molecular weight is 525 g/mol. The second-order valence-electron chi connectivity index (χ2n) is 7.70. The predicted molar refractivity (Wildman–Crippen MR) is 129 cm³/mol. The van der Waals surface area contributed by atoms with Crippen LogP contribution < -0.4 is 10.6 Å². The van der Waals surface area contributed by atoms with E-state index in [4.69, 9.17) is 9.57 Å². The van der Waals surface area contributed by atoms with Gasteiger partial charge in [0.25, 0.3) is 5.91 Å². The van der Waals surface area contributed by atoms with Gasteiger partial charge in [0.1, 0.15) is 0 Å². The lowest BCUT2D eigenvalue weighted by Crippen LogP contribution is -2.25. The Kier molecular flexibility index (Phi) is 7.86. The molecular weight excluding hydrogens is 500 g/mol. The number of carbonyl (C=O) groups excluding carboxylic acids is 2. The fraction of sp³-hybridized carbons (Fsp3) is 0.429. The van der Waals surface area contributed by atoms with E-state index in [1.54, 1.807) is 25.4 Å². The van der Waals surface area contributed by atoms with Crippen molar-refractivity contribution in [3.63, 3.8) is 0 Å². The molecule has 2 N–H and O–H groups in total. The number of hydrogen-bond donors (Lipinski definition) is 2. The first-order chi connectivity index (χ1) is 16.4. The number of nitrogens with one attached hydrogen (secondary N) is 2. The lowest BCUT2D eigenvalue weighted by atomic mass is 10.1. The largest absolute Gasteiger partial charge is 0.389 e. The maximum absolute atomic E-state index is 13.1. The molecule has 2 fully saturated rings. The molecule has 1 atom stereocenters. The summed E-state index contributed by atoms with van der Waals surface area (Å²) >= 11 is 2.54. The van der Waals surface area contributed by atoms with Crippen molar-refractivity contribution in [1.29, 1.82) is 0 Å². The number of ether oxygens (including phenoxy) is 1. The molecule has 1 aliphatic heterocycles. The van der Waals surface area contributed by atoms with E-state index in [1.807, 2.05) is 0 Å². The molecule has 10 nitrogen and oxygen atoms in total. The molecule has 0 unspecified atom stereocenters. The van der Waals surface area contributed by atoms with E-state index in [0.29, 0.717) is 43.2 Å². The number of nitrogens with zero attached hydrogens (tertiary/aromatic N) is 2. The third-order valence-electron chi connectivity index (χ3n) is 5.14. The summed E-state index contributed by atoms with van der Waals surface area (Å²) in [5, 5.41) is 9.36. The van der Waals surface area contributed by atoms with Crippen molar-refractivity contribution in [2.75, 3.05) is 31.3 Å². The monoisotopic (exact) mass is 524 g/mol. The van der Waals surface area contributed by atoms with Gasteiger partial charge in [-0.05, 0) is 25.0 Å². The molecule has 1 aromatic carbocycles. The van der Waals surface area contributed by atoms with E-state index in [1.165, 1.54) is 35.2 Å². The summed E-state index contributed by atoms with van der Waals surface area (Å²) in [7, 11) is -1.78. The number of carbonyl (C=O) groups is 2. The lowest BCUT2D eigenvalue weighted by Gasteiger charge is -2.10. The molecule has 2 aliphatic rings. The van der Waals surface area contributed by atoms with Crippen LogP contribution in [0, 0.1) is 0 Å². The number of thiazole rings is 1. The first-order valence-electron chi connectivity index (χ1n) is 10.6. The molecule has 4 rings (SSSR count). The van der Waals surface area contributed by atoms with Gasteiger partial charge in [0.05, 0.1) is 39.5 Å². The zero-order valence-corrected chi connectivity index (χ0v) is 20.8. The standard InChI is InChI=1S/C21H24N4O6S3/c1-22-17(26)12-32-18-10-23-21(33-18)24-20(27)19(25-31-14-8-9-30-11-14)13-2-4-15(5-3-13)34(28,29)16-6-7-16/h2-5,10,14,16H,6-9,11-12H2,1H3,(H,22,26)(H,23,24,27)/t14-/m1/s1. The maximum atomic E-state index is 13.1. The summed E-state index contributed by atoms with van der Waals surface area (Å²) in [5.41, 5.74) is 0.411. The molecule has 1 aliphatic carbocycles. The van der Waals surface area contributed by atoms with Crippen molar-refractivity contribution in [2.24, 2.45) is 5.16 Å². The van der Waals surface area contributed by atoms with Crippen LogP contribution in [-0.2, 0) is 29.0 Å². The second-order valence-corrected chi connectivity index (χ2v) is 12.2. The van der Waals surface area contributed by atoms with Crippen LogP contribution in [0.3, 0.4) is 0 Å².